The Morgan fingerprint density at radius 2 is 1.75 bits per heavy atom. The van der Waals surface area contributed by atoms with Gasteiger partial charge in [-0.25, -0.2) is 0 Å². The van der Waals surface area contributed by atoms with Gasteiger partial charge in [-0.05, 0) is 36.3 Å². The Morgan fingerprint density at radius 3 is 2.40 bits per heavy atom. The van der Waals surface area contributed by atoms with E-state index in [0.29, 0.717) is 0 Å². The van der Waals surface area contributed by atoms with Crippen LogP contribution in [0.2, 0.25) is 0 Å². The van der Waals surface area contributed by atoms with Crippen LogP contribution in [-0.2, 0) is 0 Å². The highest BCUT2D eigenvalue weighted by Gasteiger charge is 2.18. The van der Waals surface area contributed by atoms with E-state index in [1.54, 1.807) is 0 Å². The Hall–Kier alpha value is -2.03. The minimum Gasteiger partial charge on any atom is -0.384 e. The van der Waals surface area contributed by atoms with Crippen molar-refractivity contribution in [2.45, 2.75) is 19.8 Å². The number of nitrogen functional groups attached to an aromatic ring is 1. The van der Waals surface area contributed by atoms with Gasteiger partial charge in [-0.1, -0.05) is 31.2 Å². The van der Waals surface area contributed by atoms with Crippen LogP contribution in [0.4, 0.5) is 5.69 Å². The number of rotatable bonds is 2. The largest absolute Gasteiger partial charge is 0.384 e. The van der Waals surface area contributed by atoms with Crippen LogP contribution < -0.4 is 10.6 Å². The van der Waals surface area contributed by atoms with Gasteiger partial charge >= 0.3 is 0 Å². The van der Waals surface area contributed by atoms with Gasteiger partial charge in [0.05, 0.1) is 0 Å². The first-order valence-corrected chi connectivity index (χ1v) is 7.28. The molecule has 2 aromatic rings. The van der Waals surface area contributed by atoms with Gasteiger partial charge in [0.15, 0.2) is 0 Å². The van der Waals surface area contributed by atoms with E-state index in [4.69, 9.17) is 11.1 Å². The monoisotopic (exact) mass is 267 g/mol. The molecule has 0 unspecified atom stereocenters. The molecule has 20 heavy (non-hydrogen) atoms. The minimum atomic E-state index is 0.139. The molecule has 104 valence electrons. The quantitative estimate of drug-likeness (QED) is 0.647. The van der Waals surface area contributed by atoms with E-state index in [1.807, 2.05) is 12.1 Å². The molecule has 1 aliphatic heterocycles. The highest BCUT2D eigenvalue weighted by Crippen LogP contribution is 2.32. The Morgan fingerprint density at radius 1 is 1.10 bits per heavy atom. The third-order valence-corrected chi connectivity index (χ3v) is 4.32. The van der Waals surface area contributed by atoms with E-state index in [2.05, 4.69) is 36.1 Å². The van der Waals surface area contributed by atoms with Crippen molar-refractivity contribution in [3.63, 3.8) is 0 Å². The number of fused-ring (bicyclic) bond motifs is 1. The summed E-state index contributed by atoms with van der Waals surface area (Å²) >= 11 is 0. The molecule has 0 amide bonds. The highest BCUT2D eigenvalue weighted by atomic mass is 15.1. The molecule has 3 nitrogen and oxygen atoms in total. The summed E-state index contributed by atoms with van der Waals surface area (Å²) in [5, 5.41) is 10.0. The first kappa shape index (κ1) is 13.0. The maximum atomic E-state index is 7.72. The molecule has 3 heteroatoms. The first-order valence-electron chi connectivity index (χ1n) is 7.28. The van der Waals surface area contributed by atoms with Crippen LogP contribution in [0, 0.1) is 11.3 Å². The Balaban J connectivity index is 2.08. The van der Waals surface area contributed by atoms with Gasteiger partial charge in [0.25, 0.3) is 0 Å². The molecule has 1 aliphatic rings. The fraction of sp³-hybridized carbons (Fsp3) is 0.353. The zero-order chi connectivity index (χ0) is 14.1. The lowest BCUT2D eigenvalue weighted by Gasteiger charge is -2.33. The SMILES string of the molecule is CC1CCN(c2ccc(C(=N)N)c3ccccc23)CC1. The van der Waals surface area contributed by atoms with E-state index in [1.165, 1.54) is 23.9 Å². The average molecular weight is 267 g/mol. The van der Waals surface area contributed by atoms with Gasteiger partial charge in [0, 0.05) is 29.7 Å². The van der Waals surface area contributed by atoms with E-state index >= 15 is 0 Å². The fourth-order valence-electron chi connectivity index (χ4n) is 3.04. The normalized spacial score (nSPS) is 16.6. The van der Waals surface area contributed by atoms with E-state index in [0.717, 1.165) is 30.0 Å². The Bertz CT molecular complexity index is 640. The maximum absolute atomic E-state index is 7.72. The topological polar surface area (TPSA) is 53.1 Å². The van der Waals surface area contributed by atoms with Crippen molar-refractivity contribution in [2.24, 2.45) is 11.7 Å². The fourth-order valence-corrected chi connectivity index (χ4v) is 3.04. The van der Waals surface area contributed by atoms with Crippen molar-refractivity contribution in [1.29, 1.82) is 5.41 Å². The number of benzene rings is 2. The molecule has 0 radical (unpaired) electrons. The molecule has 0 atom stereocenters. The van der Waals surface area contributed by atoms with Gasteiger partial charge in [-0.2, -0.15) is 0 Å². The standard InChI is InChI=1S/C17H21N3/c1-12-8-10-20(11-9-12)16-7-6-15(17(18)19)13-4-2-3-5-14(13)16/h2-7,12H,8-11H2,1H3,(H3,18,19). The van der Waals surface area contributed by atoms with Gasteiger partial charge in [-0.15, -0.1) is 0 Å². The van der Waals surface area contributed by atoms with Gasteiger partial charge in [0.1, 0.15) is 5.84 Å². The van der Waals surface area contributed by atoms with E-state index < -0.39 is 0 Å². The third-order valence-electron chi connectivity index (χ3n) is 4.32. The molecule has 3 rings (SSSR count). The number of nitrogens with two attached hydrogens (primary N) is 1. The molecule has 0 aliphatic carbocycles. The Labute approximate surface area is 119 Å². The van der Waals surface area contributed by atoms with Crippen molar-refractivity contribution < 1.29 is 0 Å². The molecule has 0 aromatic heterocycles. The highest BCUT2D eigenvalue weighted by molar-refractivity contribution is 6.10. The second-order valence-corrected chi connectivity index (χ2v) is 5.76. The summed E-state index contributed by atoms with van der Waals surface area (Å²) in [5.74, 6) is 0.967. The molecule has 0 saturated carbocycles. The summed E-state index contributed by atoms with van der Waals surface area (Å²) in [6.45, 7) is 4.56. The number of anilines is 1. The lowest BCUT2D eigenvalue weighted by atomic mass is 9.96. The summed E-state index contributed by atoms with van der Waals surface area (Å²) in [6.07, 6.45) is 2.51. The van der Waals surface area contributed by atoms with Crippen LogP contribution in [0.15, 0.2) is 36.4 Å². The van der Waals surface area contributed by atoms with Crippen molar-refractivity contribution in [3.05, 3.63) is 42.0 Å². The lowest BCUT2D eigenvalue weighted by molar-refractivity contribution is 0.439. The second kappa shape index (κ2) is 5.16. The molecule has 0 bridgehead atoms. The molecular weight excluding hydrogens is 246 g/mol. The summed E-state index contributed by atoms with van der Waals surface area (Å²) in [7, 11) is 0. The van der Waals surface area contributed by atoms with Gasteiger partial charge < -0.3 is 10.6 Å². The average Bonchev–Trinajstić information content (AvgIpc) is 2.47. The van der Waals surface area contributed by atoms with Crippen LogP contribution in [0.5, 0.6) is 0 Å². The number of hydrogen-bond donors (Lipinski definition) is 2. The molecule has 2 aromatic carbocycles. The van der Waals surface area contributed by atoms with Crippen molar-refractivity contribution >= 4 is 22.3 Å². The predicted octanol–water partition coefficient (Wildman–Crippen LogP) is 3.36. The third kappa shape index (κ3) is 2.24. The summed E-state index contributed by atoms with van der Waals surface area (Å²) in [4.78, 5) is 2.46. The van der Waals surface area contributed by atoms with Crippen LogP contribution in [0.25, 0.3) is 10.8 Å². The number of nitrogens with one attached hydrogen (secondary N) is 1. The van der Waals surface area contributed by atoms with Crippen LogP contribution >= 0.6 is 0 Å². The Kier molecular flexibility index (Phi) is 3.35. The summed E-state index contributed by atoms with van der Waals surface area (Å²) < 4.78 is 0. The summed E-state index contributed by atoms with van der Waals surface area (Å²) in [5.41, 5.74) is 7.80. The minimum absolute atomic E-state index is 0.139. The first-order chi connectivity index (χ1) is 9.66. The zero-order valence-electron chi connectivity index (χ0n) is 11.9. The van der Waals surface area contributed by atoms with Crippen LogP contribution in [-0.4, -0.2) is 18.9 Å². The molecule has 1 heterocycles. The number of amidine groups is 1. The van der Waals surface area contributed by atoms with Crippen molar-refractivity contribution in [2.75, 3.05) is 18.0 Å². The lowest BCUT2D eigenvalue weighted by Crippen LogP contribution is -2.33. The van der Waals surface area contributed by atoms with Crippen LogP contribution in [0.1, 0.15) is 25.3 Å². The smallest absolute Gasteiger partial charge is 0.123 e. The van der Waals surface area contributed by atoms with Crippen molar-refractivity contribution in [3.8, 4) is 0 Å². The maximum Gasteiger partial charge on any atom is 0.123 e. The van der Waals surface area contributed by atoms with E-state index in [-0.39, 0.29) is 5.84 Å². The molecule has 0 spiro atoms. The second-order valence-electron chi connectivity index (χ2n) is 5.76. The molecule has 1 saturated heterocycles. The number of nitrogens with zero attached hydrogens (tertiary/aromatic N) is 1. The molecule has 1 fully saturated rings. The van der Waals surface area contributed by atoms with Crippen LogP contribution in [0.3, 0.4) is 0 Å². The molecular formula is C17H21N3. The van der Waals surface area contributed by atoms with Crippen molar-refractivity contribution in [1.82, 2.24) is 0 Å². The number of hydrogen-bond acceptors (Lipinski definition) is 2. The van der Waals surface area contributed by atoms with E-state index in [9.17, 15) is 0 Å². The van der Waals surface area contributed by atoms with Gasteiger partial charge in [0.2, 0.25) is 0 Å². The molecule has 3 N–H and O–H groups in total. The number of piperidine rings is 1. The predicted molar refractivity (Wildman–Crippen MR) is 85.6 cm³/mol. The zero-order valence-corrected chi connectivity index (χ0v) is 11.9. The van der Waals surface area contributed by atoms with Gasteiger partial charge in [-0.3, -0.25) is 5.41 Å². The summed E-state index contributed by atoms with van der Waals surface area (Å²) in [6, 6.07) is 12.4.